The number of hydrogen-bond donors (Lipinski definition) is 2. The van der Waals surface area contributed by atoms with Crippen molar-refractivity contribution >= 4 is 10.0 Å². The molecule has 0 unspecified atom stereocenters. The third-order valence-electron chi connectivity index (χ3n) is 3.42. The summed E-state index contributed by atoms with van der Waals surface area (Å²) in [4.78, 5) is 2.54. The molecule has 1 aromatic rings. The highest BCUT2D eigenvalue weighted by atomic mass is 32.2. The van der Waals surface area contributed by atoms with E-state index in [1.165, 1.54) is 12.8 Å². The van der Waals surface area contributed by atoms with E-state index in [1.54, 1.807) is 24.3 Å². The Bertz CT molecular complexity index is 609. The summed E-state index contributed by atoms with van der Waals surface area (Å²) in [6.45, 7) is 3.63. The van der Waals surface area contributed by atoms with Crippen LogP contribution >= 0.6 is 0 Å². The lowest BCUT2D eigenvalue weighted by Crippen LogP contribution is -2.33. The maximum Gasteiger partial charge on any atom is 0.240 e. The summed E-state index contributed by atoms with van der Waals surface area (Å²) in [5.41, 5.74) is 6.06. The Morgan fingerprint density at radius 2 is 1.86 bits per heavy atom. The molecule has 1 aliphatic rings. The summed E-state index contributed by atoms with van der Waals surface area (Å²) in [5, 5.41) is 0. The Labute approximate surface area is 126 Å². The maximum atomic E-state index is 12.1. The minimum Gasteiger partial charge on any atom is -0.320 e. The second-order valence-electron chi connectivity index (χ2n) is 4.98. The molecule has 0 aromatic heterocycles. The van der Waals surface area contributed by atoms with E-state index < -0.39 is 10.0 Å². The zero-order valence-corrected chi connectivity index (χ0v) is 12.8. The van der Waals surface area contributed by atoms with Gasteiger partial charge in [-0.3, -0.25) is 0 Å². The van der Waals surface area contributed by atoms with Gasteiger partial charge in [-0.15, -0.1) is 0 Å². The van der Waals surface area contributed by atoms with Crippen LogP contribution in [0.4, 0.5) is 0 Å². The van der Waals surface area contributed by atoms with E-state index in [0.29, 0.717) is 6.54 Å². The van der Waals surface area contributed by atoms with Crippen molar-refractivity contribution in [2.45, 2.75) is 17.7 Å². The van der Waals surface area contributed by atoms with Gasteiger partial charge in [0.1, 0.15) is 0 Å². The van der Waals surface area contributed by atoms with Gasteiger partial charge < -0.3 is 10.6 Å². The van der Waals surface area contributed by atoms with Crippen molar-refractivity contribution in [3.05, 3.63) is 29.8 Å². The van der Waals surface area contributed by atoms with Crippen LogP contribution < -0.4 is 10.5 Å². The molecule has 1 heterocycles. The lowest BCUT2D eigenvalue weighted by molar-refractivity contribution is 0.344. The van der Waals surface area contributed by atoms with Crippen molar-refractivity contribution < 1.29 is 8.42 Å². The number of hydrogen-bond acceptors (Lipinski definition) is 4. The van der Waals surface area contributed by atoms with E-state index in [-0.39, 0.29) is 11.4 Å². The fourth-order valence-corrected chi connectivity index (χ4v) is 3.32. The van der Waals surface area contributed by atoms with Crippen molar-refractivity contribution in [2.24, 2.45) is 5.73 Å². The number of likely N-dealkylation sites (tertiary alicyclic amines) is 1. The van der Waals surface area contributed by atoms with Gasteiger partial charge in [-0.05, 0) is 50.2 Å². The second kappa shape index (κ2) is 7.57. The van der Waals surface area contributed by atoms with Crippen molar-refractivity contribution in [3.63, 3.8) is 0 Å². The fraction of sp³-hybridized carbons (Fsp3) is 0.467. The van der Waals surface area contributed by atoms with Gasteiger partial charge in [-0.1, -0.05) is 11.8 Å². The average Bonchev–Trinajstić information content (AvgIpc) is 2.98. The predicted molar refractivity (Wildman–Crippen MR) is 83.2 cm³/mol. The zero-order valence-electron chi connectivity index (χ0n) is 12.0. The van der Waals surface area contributed by atoms with E-state index in [1.807, 2.05) is 0 Å². The molecule has 0 amide bonds. The molecule has 3 N–H and O–H groups in total. The first kappa shape index (κ1) is 16.0. The Hall–Kier alpha value is -1.39. The Balaban J connectivity index is 1.91. The molecule has 0 radical (unpaired) electrons. The van der Waals surface area contributed by atoms with E-state index in [2.05, 4.69) is 21.5 Å². The number of nitrogens with one attached hydrogen (secondary N) is 1. The number of benzene rings is 1. The van der Waals surface area contributed by atoms with E-state index >= 15 is 0 Å². The normalized spacial score (nSPS) is 15.7. The number of sulfonamides is 1. The van der Waals surface area contributed by atoms with Crippen LogP contribution in [-0.4, -0.2) is 46.0 Å². The van der Waals surface area contributed by atoms with E-state index in [4.69, 9.17) is 5.73 Å². The van der Waals surface area contributed by atoms with Gasteiger partial charge in [0.2, 0.25) is 10.0 Å². The monoisotopic (exact) mass is 307 g/mol. The molecular formula is C15H21N3O2S. The van der Waals surface area contributed by atoms with Crippen LogP contribution in [0.5, 0.6) is 0 Å². The average molecular weight is 307 g/mol. The first-order valence-electron chi connectivity index (χ1n) is 7.13. The van der Waals surface area contributed by atoms with Crippen LogP contribution in [0.3, 0.4) is 0 Å². The SMILES string of the molecule is NCC#Cc1ccc(S(=O)(=O)NCCN2CCCC2)cc1. The van der Waals surface area contributed by atoms with Gasteiger partial charge in [-0.2, -0.15) is 0 Å². The zero-order chi connectivity index (χ0) is 15.1. The smallest absolute Gasteiger partial charge is 0.240 e. The maximum absolute atomic E-state index is 12.1. The topological polar surface area (TPSA) is 75.4 Å². The molecule has 0 aliphatic carbocycles. The van der Waals surface area contributed by atoms with Crippen molar-refractivity contribution in [3.8, 4) is 11.8 Å². The first-order valence-corrected chi connectivity index (χ1v) is 8.61. The molecule has 1 aromatic carbocycles. The summed E-state index contributed by atoms with van der Waals surface area (Å²) in [6.07, 6.45) is 2.41. The molecule has 5 nitrogen and oxygen atoms in total. The summed E-state index contributed by atoms with van der Waals surface area (Å²) >= 11 is 0. The van der Waals surface area contributed by atoms with Gasteiger partial charge in [-0.25, -0.2) is 13.1 Å². The molecule has 0 spiro atoms. The van der Waals surface area contributed by atoms with Gasteiger partial charge >= 0.3 is 0 Å². The van der Waals surface area contributed by atoms with E-state index in [0.717, 1.165) is 25.2 Å². The molecule has 21 heavy (non-hydrogen) atoms. The van der Waals surface area contributed by atoms with E-state index in [9.17, 15) is 8.42 Å². The predicted octanol–water partition coefficient (Wildman–Crippen LogP) is 0.371. The molecular weight excluding hydrogens is 286 g/mol. The minimum absolute atomic E-state index is 0.266. The number of nitrogens with zero attached hydrogens (tertiary/aromatic N) is 1. The second-order valence-corrected chi connectivity index (χ2v) is 6.74. The molecule has 1 fully saturated rings. The Morgan fingerprint density at radius 3 is 2.48 bits per heavy atom. The minimum atomic E-state index is -3.44. The molecule has 1 aliphatic heterocycles. The van der Waals surface area contributed by atoms with Crippen LogP contribution in [0.2, 0.25) is 0 Å². The van der Waals surface area contributed by atoms with Gasteiger partial charge in [0, 0.05) is 18.7 Å². The summed E-state index contributed by atoms with van der Waals surface area (Å²) in [7, 11) is -3.44. The molecule has 1 saturated heterocycles. The van der Waals surface area contributed by atoms with Crippen molar-refractivity contribution in [1.29, 1.82) is 0 Å². The highest BCUT2D eigenvalue weighted by Gasteiger charge is 2.15. The summed E-state index contributed by atoms with van der Waals surface area (Å²) < 4.78 is 26.9. The first-order chi connectivity index (χ1) is 10.1. The van der Waals surface area contributed by atoms with Gasteiger partial charge in [0.25, 0.3) is 0 Å². The lowest BCUT2D eigenvalue weighted by atomic mass is 10.2. The third-order valence-corrected chi connectivity index (χ3v) is 4.90. The van der Waals surface area contributed by atoms with Crippen molar-refractivity contribution in [1.82, 2.24) is 9.62 Å². The third kappa shape index (κ3) is 4.83. The number of rotatable bonds is 5. The van der Waals surface area contributed by atoms with Crippen LogP contribution in [0, 0.1) is 11.8 Å². The molecule has 2 rings (SSSR count). The highest BCUT2D eigenvalue weighted by molar-refractivity contribution is 7.89. The molecule has 0 atom stereocenters. The lowest BCUT2D eigenvalue weighted by Gasteiger charge is -2.14. The van der Waals surface area contributed by atoms with Gasteiger partial charge in [0.05, 0.1) is 11.4 Å². The summed E-state index contributed by atoms with van der Waals surface area (Å²) in [6, 6.07) is 6.52. The van der Waals surface area contributed by atoms with Crippen molar-refractivity contribution in [2.75, 3.05) is 32.7 Å². The quantitative estimate of drug-likeness (QED) is 0.771. The Morgan fingerprint density at radius 1 is 1.19 bits per heavy atom. The Kier molecular flexibility index (Phi) is 5.76. The van der Waals surface area contributed by atoms with Gasteiger partial charge in [0.15, 0.2) is 0 Å². The van der Waals surface area contributed by atoms with Crippen LogP contribution in [0.1, 0.15) is 18.4 Å². The largest absolute Gasteiger partial charge is 0.320 e. The standard InChI is InChI=1S/C15H21N3O2S/c16-9-3-4-14-5-7-15(8-6-14)21(19,20)17-10-13-18-11-1-2-12-18/h5-8,17H,1-2,9-13,16H2. The van der Waals surface area contributed by atoms with Crippen LogP contribution in [0.25, 0.3) is 0 Å². The molecule has 114 valence electrons. The number of nitrogens with two attached hydrogens (primary N) is 1. The molecule has 0 saturated carbocycles. The molecule has 0 bridgehead atoms. The van der Waals surface area contributed by atoms with Crippen LogP contribution in [0.15, 0.2) is 29.2 Å². The highest BCUT2D eigenvalue weighted by Crippen LogP contribution is 2.10. The summed E-state index contributed by atoms with van der Waals surface area (Å²) in [5.74, 6) is 5.60. The fourth-order valence-electron chi connectivity index (χ4n) is 2.30. The molecule has 6 heteroatoms. The van der Waals surface area contributed by atoms with Crippen LogP contribution in [-0.2, 0) is 10.0 Å².